The summed E-state index contributed by atoms with van der Waals surface area (Å²) in [5.41, 5.74) is 2.14. The fourth-order valence-corrected chi connectivity index (χ4v) is 4.05. The van der Waals surface area contributed by atoms with Crippen LogP contribution in [-0.4, -0.2) is 25.7 Å². The van der Waals surface area contributed by atoms with Crippen LogP contribution in [0, 0.1) is 17.4 Å². The van der Waals surface area contributed by atoms with Gasteiger partial charge in [-0.2, -0.15) is 9.78 Å². The van der Waals surface area contributed by atoms with Gasteiger partial charge in [-0.15, -0.1) is 11.3 Å². The zero-order valence-electron chi connectivity index (χ0n) is 15.6. The van der Waals surface area contributed by atoms with E-state index in [1.807, 2.05) is 35.7 Å². The molecule has 0 saturated heterocycles. The van der Waals surface area contributed by atoms with Crippen LogP contribution in [0.2, 0.25) is 0 Å². The summed E-state index contributed by atoms with van der Waals surface area (Å²) in [7, 11) is 0. The van der Waals surface area contributed by atoms with Gasteiger partial charge in [0.25, 0.3) is 11.5 Å². The van der Waals surface area contributed by atoms with Crippen molar-refractivity contribution in [2.75, 3.05) is 5.32 Å². The van der Waals surface area contributed by atoms with Crippen LogP contribution in [0.5, 0.6) is 0 Å². The smallest absolute Gasteiger partial charge is 0.257 e. The van der Waals surface area contributed by atoms with Gasteiger partial charge in [-0.3, -0.25) is 14.6 Å². The molecule has 0 aliphatic carbocycles. The van der Waals surface area contributed by atoms with Gasteiger partial charge in [0.2, 0.25) is 5.95 Å². The maximum Gasteiger partial charge on any atom is 0.257 e. The van der Waals surface area contributed by atoms with Gasteiger partial charge in [0.1, 0.15) is 11.5 Å². The number of carbonyl (C=O) groups excluding carboxylic acids is 1. The number of H-pyrrole nitrogens is 1. The summed E-state index contributed by atoms with van der Waals surface area (Å²) < 4.78 is 2.29. The van der Waals surface area contributed by atoms with Gasteiger partial charge in [0, 0.05) is 20.9 Å². The molecule has 0 bridgehead atoms. The minimum absolute atomic E-state index is 0.240. The lowest BCUT2D eigenvalue weighted by atomic mass is 10.2. The molecule has 2 N–H and O–H groups in total. The van der Waals surface area contributed by atoms with Crippen molar-refractivity contribution in [1.29, 1.82) is 0 Å². The van der Waals surface area contributed by atoms with E-state index in [0.29, 0.717) is 28.3 Å². The van der Waals surface area contributed by atoms with Crippen LogP contribution < -0.4 is 10.9 Å². The zero-order chi connectivity index (χ0) is 20.5. The zero-order valence-corrected chi connectivity index (χ0v) is 18.5. The lowest BCUT2D eigenvalue weighted by Crippen LogP contribution is -2.21. The molecule has 0 unspecified atom stereocenters. The Bertz CT molecular complexity index is 1260. The van der Waals surface area contributed by atoms with Crippen LogP contribution in [-0.2, 0) is 0 Å². The highest BCUT2D eigenvalue weighted by molar-refractivity contribution is 14.1. The van der Waals surface area contributed by atoms with Gasteiger partial charge in [0.15, 0.2) is 0 Å². The molecule has 0 aliphatic rings. The van der Waals surface area contributed by atoms with E-state index in [0.717, 1.165) is 8.45 Å². The Morgan fingerprint density at radius 1 is 1.21 bits per heavy atom. The van der Waals surface area contributed by atoms with Crippen LogP contribution in [0.1, 0.15) is 21.6 Å². The van der Waals surface area contributed by atoms with E-state index in [4.69, 9.17) is 0 Å². The Kier molecular flexibility index (Phi) is 5.33. The summed E-state index contributed by atoms with van der Waals surface area (Å²) in [5, 5.41) is 9.44. The third-order valence-electron chi connectivity index (χ3n) is 4.43. The number of hydrogen-bond acceptors (Lipinski definition) is 5. The highest BCUT2D eigenvalue weighted by Crippen LogP contribution is 2.27. The number of anilines is 1. The van der Waals surface area contributed by atoms with E-state index >= 15 is 0 Å². The van der Waals surface area contributed by atoms with Crippen molar-refractivity contribution in [3.8, 4) is 16.5 Å². The Balaban J connectivity index is 1.81. The minimum Gasteiger partial charge on any atom is -0.306 e. The van der Waals surface area contributed by atoms with Gasteiger partial charge < -0.3 is 5.32 Å². The monoisotopic (exact) mass is 517 g/mol. The summed E-state index contributed by atoms with van der Waals surface area (Å²) in [6.45, 7) is 3.48. The summed E-state index contributed by atoms with van der Waals surface area (Å²) >= 11 is 3.66. The topological polar surface area (TPSA) is 92.7 Å². The first kappa shape index (κ1) is 19.5. The first-order chi connectivity index (χ1) is 13.9. The first-order valence-electron chi connectivity index (χ1n) is 8.72. The van der Waals surface area contributed by atoms with Crippen molar-refractivity contribution in [3.05, 3.63) is 78.6 Å². The first-order valence-corrected chi connectivity index (χ1v) is 10.7. The average molecular weight is 517 g/mol. The average Bonchev–Trinajstić information content (AvgIpc) is 3.36. The van der Waals surface area contributed by atoms with Crippen molar-refractivity contribution in [3.63, 3.8) is 0 Å². The van der Waals surface area contributed by atoms with Gasteiger partial charge in [-0.1, -0.05) is 18.2 Å². The number of benzene rings is 1. The number of aromatic nitrogens is 4. The summed E-state index contributed by atoms with van der Waals surface area (Å²) in [5.74, 6) is 0.406. The Labute approximate surface area is 184 Å². The number of amides is 1. The third kappa shape index (κ3) is 3.87. The number of nitrogens with zero attached hydrogens (tertiary/aromatic N) is 3. The molecule has 3 aromatic heterocycles. The fourth-order valence-electron chi connectivity index (χ4n) is 2.74. The number of hydrogen-bond donors (Lipinski definition) is 2. The van der Waals surface area contributed by atoms with Gasteiger partial charge in [-0.25, -0.2) is 4.98 Å². The predicted molar refractivity (Wildman–Crippen MR) is 122 cm³/mol. The molecular weight excluding hydrogens is 501 g/mol. The predicted octanol–water partition coefficient (Wildman–Crippen LogP) is 4.16. The molecule has 1 aromatic carbocycles. The SMILES string of the molecule is Cc1nc(-n2nc(-c3cccs3)cc2NC(=O)c2ccccc2I)[nH]c(=O)c1C. The number of thiophene rings is 1. The maximum absolute atomic E-state index is 12.9. The number of aryl methyl sites for hydroxylation is 1. The van der Waals surface area contributed by atoms with Crippen molar-refractivity contribution in [2.24, 2.45) is 0 Å². The van der Waals surface area contributed by atoms with Crippen molar-refractivity contribution >= 4 is 45.7 Å². The van der Waals surface area contributed by atoms with E-state index < -0.39 is 0 Å². The summed E-state index contributed by atoms with van der Waals surface area (Å²) in [6.07, 6.45) is 0. The highest BCUT2D eigenvalue weighted by atomic mass is 127. The number of aromatic amines is 1. The van der Waals surface area contributed by atoms with Crippen molar-refractivity contribution < 1.29 is 4.79 Å². The fraction of sp³-hybridized carbons (Fsp3) is 0.100. The van der Waals surface area contributed by atoms with Crippen molar-refractivity contribution in [1.82, 2.24) is 19.7 Å². The molecule has 0 spiro atoms. The van der Waals surface area contributed by atoms with Gasteiger partial charge in [-0.05, 0) is 60.0 Å². The van der Waals surface area contributed by atoms with E-state index in [2.05, 4.69) is 43.0 Å². The Morgan fingerprint density at radius 3 is 2.69 bits per heavy atom. The molecule has 146 valence electrons. The van der Waals surface area contributed by atoms with Crippen LogP contribution in [0.15, 0.2) is 52.6 Å². The highest BCUT2D eigenvalue weighted by Gasteiger charge is 2.18. The Morgan fingerprint density at radius 2 is 2.00 bits per heavy atom. The second kappa shape index (κ2) is 7.91. The third-order valence-corrected chi connectivity index (χ3v) is 6.26. The standard InChI is InChI=1S/C20H16IN5O2S/c1-11-12(2)22-20(24-18(11)27)26-17(10-15(25-26)16-8-5-9-29-16)23-19(28)13-6-3-4-7-14(13)21/h3-10H,1-2H3,(H,23,28)(H,22,24,27). The van der Waals surface area contributed by atoms with E-state index in [9.17, 15) is 9.59 Å². The van der Waals surface area contributed by atoms with E-state index in [1.165, 1.54) is 16.0 Å². The molecule has 4 aromatic rings. The van der Waals surface area contributed by atoms with E-state index in [-0.39, 0.29) is 17.4 Å². The molecule has 0 atom stereocenters. The lowest BCUT2D eigenvalue weighted by Gasteiger charge is -2.10. The van der Waals surface area contributed by atoms with Crippen LogP contribution >= 0.6 is 33.9 Å². The largest absolute Gasteiger partial charge is 0.306 e. The van der Waals surface area contributed by atoms with Crippen LogP contribution in [0.25, 0.3) is 16.5 Å². The number of carbonyl (C=O) groups is 1. The molecular formula is C20H16IN5O2S. The molecule has 1 amide bonds. The molecule has 7 nitrogen and oxygen atoms in total. The molecule has 9 heteroatoms. The second-order valence-corrected chi connectivity index (χ2v) is 8.45. The molecule has 29 heavy (non-hydrogen) atoms. The van der Waals surface area contributed by atoms with E-state index in [1.54, 1.807) is 26.0 Å². The molecule has 3 heterocycles. The molecule has 0 saturated carbocycles. The summed E-state index contributed by atoms with van der Waals surface area (Å²) in [4.78, 5) is 33.2. The number of nitrogens with one attached hydrogen (secondary N) is 2. The lowest BCUT2D eigenvalue weighted by molar-refractivity contribution is 0.102. The molecule has 0 radical (unpaired) electrons. The van der Waals surface area contributed by atoms with Gasteiger partial charge >= 0.3 is 0 Å². The van der Waals surface area contributed by atoms with Crippen LogP contribution in [0.3, 0.4) is 0 Å². The second-order valence-electron chi connectivity index (χ2n) is 6.34. The summed E-state index contributed by atoms with van der Waals surface area (Å²) in [6, 6.07) is 13.0. The molecule has 0 aliphatic heterocycles. The maximum atomic E-state index is 12.9. The number of rotatable bonds is 4. The molecule has 4 rings (SSSR count). The minimum atomic E-state index is -0.264. The van der Waals surface area contributed by atoms with Crippen molar-refractivity contribution in [2.45, 2.75) is 13.8 Å². The van der Waals surface area contributed by atoms with Crippen LogP contribution in [0.4, 0.5) is 5.82 Å². The molecule has 0 fully saturated rings. The van der Waals surface area contributed by atoms with Gasteiger partial charge in [0.05, 0.1) is 10.4 Å². The normalized spacial score (nSPS) is 10.9. The quantitative estimate of drug-likeness (QED) is 0.398. The number of halogens is 1. The Hall–Kier alpha value is -2.79.